The monoisotopic (exact) mass is 250 g/mol. The van der Waals surface area contributed by atoms with Gasteiger partial charge in [-0.25, -0.2) is 5.43 Å². The molecule has 2 unspecified atom stereocenters. The van der Waals surface area contributed by atoms with E-state index >= 15 is 0 Å². The fourth-order valence-electron chi connectivity index (χ4n) is 3.39. The van der Waals surface area contributed by atoms with Gasteiger partial charge in [-0.1, -0.05) is 36.4 Å². The van der Waals surface area contributed by atoms with Gasteiger partial charge in [0.15, 0.2) is 0 Å². The van der Waals surface area contributed by atoms with Crippen LogP contribution in [0.1, 0.15) is 12.8 Å². The molecule has 3 aliphatic rings. The van der Waals surface area contributed by atoms with Crippen LogP contribution in [0.15, 0.2) is 65.9 Å². The minimum atomic E-state index is 0.661. The average Bonchev–Trinajstić information content (AvgIpc) is 2.88. The van der Waals surface area contributed by atoms with Crippen molar-refractivity contribution in [2.24, 2.45) is 11.8 Å². The highest BCUT2D eigenvalue weighted by Gasteiger charge is 2.35. The Morgan fingerprint density at radius 2 is 2.00 bits per heavy atom. The molecular formula is C17H18N2. The highest BCUT2D eigenvalue weighted by Crippen LogP contribution is 2.41. The van der Waals surface area contributed by atoms with Gasteiger partial charge in [0.25, 0.3) is 0 Å². The minimum absolute atomic E-state index is 0.661. The fraction of sp³-hybridized carbons (Fsp3) is 0.294. The summed E-state index contributed by atoms with van der Waals surface area (Å²) in [5, 5.41) is 2.26. The van der Waals surface area contributed by atoms with E-state index in [0.717, 1.165) is 12.5 Å². The number of allylic oxidation sites excluding steroid dienone is 5. The molecule has 0 spiro atoms. The topological polar surface area (TPSA) is 15.3 Å². The highest BCUT2D eigenvalue weighted by molar-refractivity contribution is 5.55. The van der Waals surface area contributed by atoms with Gasteiger partial charge >= 0.3 is 0 Å². The van der Waals surface area contributed by atoms with Crippen LogP contribution in [0.25, 0.3) is 0 Å². The molecule has 1 aliphatic heterocycles. The normalized spacial score (nSPS) is 28.5. The molecule has 1 N–H and O–H groups in total. The quantitative estimate of drug-likeness (QED) is 0.821. The first kappa shape index (κ1) is 11.1. The van der Waals surface area contributed by atoms with Crippen molar-refractivity contribution in [3.05, 3.63) is 65.9 Å². The van der Waals surface area contributed by atoms with E-state index in [-0.39, 0.29) is 0 Å². The zero-order chi connectivity index (χ0) is 12.7. The molecule has 0 saturated carbocycles. The molecule has 4 rings (SSSR count). The highest BCUT2D eigenvalue weighted by atomic mass is 15.5. The SMILES string of the molecule is C1=CCC2CC3CNN(c4ccccc4)C3=CC2=C1. The van der Waals surface area contributed by atoms with Crippen LogP contribution in [0.5, 0.6) is 0 Å². The number of hydrazine groups is 1. The van der Waals surface area contributed by atoms with Crippen molar-refractivity contribution in [2.45, 2.75) is 12.8 Å². The summed E-state index contributed by atoms with van der Waals surface area (Å²) in [7, 11) is 0. The molecule has 2 atom stereocenters. The molecule has 2 aliphatic carbocycles. The first-order valence-corrected chi connectivity index (χ1v) is 7.09. The molecule has 0 amide bonds. The summed E-state index contributed by atoms with van der Waals surface area (Å²) in [4.78, 5) is 0. The van der Waals surface area contributed by atoms with Crippen LogP contribution in [0.3, 0.4) is 0 Å². The van der Waals surface area contributed by atoms with E-state index in [1.807, 2.05) is 0 Å². The maximum absolute atomic E-state index is 3.54. The van der Waals surface area contributed by atoms with Gasteiger partial charge in [0, 0.05) is 18.2 Å². The molecule has 1 saturated heterocycles. The molecule has 19 heavy (non-hydrogen) atoms. The van der Waals surface area contributed by atoms with E-state index in [9.17, 15) is 0 Å². The lowest BCUT2D eigenvalue weighted by Crippen LogP contribution is -2.29. The Morgan fingerprint density at radius 1 is 1.11 bits per heavy atom. The summed E-state index contributed by atoms with van der Waals surface area (Å²) in [6.07, 6.45) is 11.6. The molecule has 2 nitrogen and oxygen atoms in total. The van der Waals surface area contributed by atoms with Crippen molar-refractivity contribution < 1.29 is 0 Å². The largest absolute Gasteiger partial charge is 0.281 e. The van der Waals surface area contributed by atoms with Crippen LogP contribution in [-0.4, -0.2) is 6.54 Å². The van der Waals surface area contributed by atoms with Gasteiger partial charge in [-0.05, 0) is 42.5 Å². The Bertz CT molecular complexity index is 568. The average molecular weight is 250 g/mol. The van der Waals surface area contributed by atoms with Gasteiger partial charge in [-0.2, -0.15) is 0 Å². The van der Waals surface area contributed by atoms with Crippen LogP contribution in [0.2, 0.25) is 0 Å². The van der Waals surface area contributed by atoms with Gasteiger partial charge in [0.05, 0.1) is 5.69 Å². The van der Waals surface area contributed by atoms with E-state index in [1.165, 1.54) is 29.8 Å². The summed E-state index contributed by atoms with van der Waals surface area (Å²) in [6.45, 7) is 1.06. The predicted octanol–water partition coefficient (Wildman–Crippen LogP) is 3.42. The van der Waals surface area contributed by atoms with Crippen LogP contribution >= 0.6 is 0 Å². The third-order valence-corrected chi connectivity index (χ3v) is 4.39. The van der Waals surface area contributed by atoms with Crippen LogP contribution < -0.4 is 10.4 Å². The minimum Gasteiger partial charge on any atom is -0.281 e. The van der Waals surface area contributed by atoms with Gasteiger partial charge < -0.3 is 0 Å². The van der Waals surface area contributed by atoms with Gasteiger partial charge in [0.2, 0.25) is 0 Å². The summed E-state index contributed by atoms with van der Waals surface area (Å²) in [5.74, 6) is 1.39. The zero-order valence-corrected chi connectivity index (χ0v) is 10.9. The van der Waals surface area contributed by atoms with Crippen LogP contribution in [-0.2, 0) is 0 Å². The third-order valence-electron chi connectivity index (χ3n) is 4.39. The van der Waals surface area contributed by atoms with Crippen LogP contribution in [0.4, 0.5) is 5.69 Å². The van der Waals surface area contributed by atoms with Crippen molar-refractivity contribution in [1.29, 1.82) is 0 Å². The number of nitrogens with one attached hydrogen (secondary N) is 1. The number of hydrogen-bond donors (Lipinski definition) is 1. The Morgan fingerprint density at radius 3 is 2.89 bits per heavy atom. The second-order valence-corrected chi connectivity index (χ2v) is 5.56. The third kappa shape index (κ3) is 1.83. The predicted molar refractivity (Wildman–Crippen MR) is 78.4 cm³/mol. The summed E-state index contributed by atoms with van der Waals surface area (Å²) >= 11 is 0. The first-order valence-electron chi connectivity index (χ1n) is 7.09. The summed E-state index contributed by atoms with van der Waals surface area (Å²) in [5.41, 5.74) is 7.71. The Labute approximate surface area is 114 Å². The number of anilines is 1. The lowest BCUT2D eigenvalue weighted by atomic mass is 9.78. The van der Waals surface area contributed by atoms with E-state index in [1.54, 1.807) is 0 Å². The summed E-state index contributed by atoms with van der Waals surface area (Å²) < 4.78 is 0. The molecule has 1 aromatic rings. The van der Waals surface area contributed by atoms with Crippen LogP contribution in [0, 0.1) is 11.8 Å². The van der Waals surface area contributed by atoms with Crippen molar-refractivity contribution in [1.82, 2.24) is 5.43 Å². The van der Waals surface area contributed by atoms with E-state index < -0.39 is 0 Å². The van der Waals surface area contributed by atoms with Gasteiger partial charge in [-0.15, -0.1) is 0 Å². The Balaban J connectivity index is 1.72. The molecule has 2 heteroatoms. The van der Waals surface area contributed by atoms with E-state index in [4.69, 9.17) is 0 Å². The first-order chi connectivity index (χ1) is 9.42. The number of hydrogen-bond acceptors (Lipinski definition) is 2. The number of fused-ring (bicyclic) bond motifs is 2. The maximum atomic E-state index is 3.54. The molecule has 0 radical (unpaired) electrons. The molecule has 1 aromatic carbocycles. The molecular weight excluding hydrogens is 232 g/mol. The number of nitrogens with zero attached hydrogens (tertiary/aromatic N) is 1. The summed E-state index contributed by atoms with van der Waals surface area (Å²) in [6, 6.07) is 10.6. The molecule has 1 fully saturated rings. The second kappa shape index (κ2) is 4.39. The lowest BCUT2D eigenvalue weighted by Gasteiger charge is -2.30. The van der Waals surface area contributed by atoms with Crippen molar-refractivity contribution >= 4 is 5.69 Å². The van der Waals surface area contributed by atoms with E-state index in [0.29, 0.717) is 5.92 Å². The van der Waals surface area contributed by atoms with Crippen molar-refractivity contribution in [2.75, 3.05) is 11.6 Å². The van der Waals surface area contributed by atoms with Gasteiger partial charge in [-0.3, -0.25) is 5.01 Å². The van der Waals surface area contributed by atoms with Gasteiger partial charge in [0.1, 0.15) is 0 Å². The zero-order valence-electron chi connectivity index (χ0n) is 10.9. The molecule has 0 bridgehead atoms. The molecule has 1 heterocycles. The van der Waals surface area contributed by atoms with Crippen molar-refractivity contribution in [3.63, 3.8) is 0 Å². The van der Waals surface area contributed by atoms with E-state index in [2.05, 4.69) is 65.1 Å². The Kier molecular flexibility index (Phi) is 2.56. The smallest absolute Gasteiger partial charge is 0.0574 e. The second-order valence-electron chi connectivity index (χ2n) is 5.56. The lowest BCUT2D eigenvalue weighted by molar-refractivity contribution is 0.459. The number of rotatable bonds is 1. The number of benzene rings is 1. The standard InChI is InChI=1S/C17H18N2/c1-2-8-16(9-3-1)19-17-11-14-7-5-4-6-13(14)10-15(17)12-18-19/h1-5,7-9,11,13,15,18H,6,10,12H2. The number of para-hydroxylation sites is 1. The molecule has 96 valence electrons. The molecule has 0 aromatic heterocycles. The maximum Gasteiger partial charge on any atom is 0.0574 e. The van der Waals surface area contributed by atoms with Crippen molar-refractivity contribution in [3.8, 4) is 0 Å². The Hall–Kier alpha value is -1.80. The fourth-order valence-corrected chi connectivity index (χ4v) is 3.39.